The number of rotatable bonds is 4. The summed E-state index contributed by atoms with van der Waals surface area (Å²) in [5.74, 6) is 2.82. The fourth-order valence-corrected chi connectivity index (χ4v) is 2.91. The van der Waals surface area contributed by atoms with Crippen LogP contribution in [0, 0.1) is 23.2 Å². The highest BCUT2D eigenvalue weighted by molar-refractivity contribution is 4.85. The van der Waals surface area contributed by atoms with Crippen LogP contribution in [0.4, 0.5) is 0 Å². The number of hydrogen-bond donors (Lipinski definition) is 1. The predicted molar refractivity (Wildman–Crippen MR) is 68.0 cm³/mol. The predicted octanol–water partition coefficient (Wildman–Crippen LogP) is 3.69. The Morgan fingerprint density at radius 1 is 1.13 bits per heavy atom. The Hall–Kier alpha value is -0.0400. The molecular weight excluding hydrogens is 182 g/mol. The molecule has 1 aliphatic carbocycles. The van der Waals surface area contributed by atoms with E-state index in [0.717, 1.165) is 24.3 Å². The molecule has 0 aromatic rings. The molecule has 3 unspecified atom stereocenters. The number of hydrogen-bond acceptors (Lipinski definition) is 1. The van der Waals surface area contributed by atoms with Crippen LogP contribution in [0.25, 0.3) is 0 Å². The van der Waals surface area contributed by atoms with Crippen molar-refractivity contribution in [2.45, 2.75) is 53.4 Å². The van der Waals surface area contributed by atoms with Gasteiger partial charge in [0.25, 0.3) is 0 Å². The topological polar surface area (TPSA) is 12.0 Å². The molecule has 0 saturated heterocycles. The third-order valence-corrected chi connectivity index (χ3v) is 4.72. The van der Waals surface area contributed by atoms with E-state index in [-0.39, 0.29) is 0 Å². The monoisotopic (exact) mass is 211 g/mol. The first kappa shape index (κ1) is 13.0. The lowest BCUT2D eigenvalue weighted by Crippen LogP contribution is -2.33. The lowest BCUT2D eigenvalue weighted by atomic mass is 9.64. The third-order valence-electron chi connectivity index (χ3n) is 4.72. The molecule has 0 radical (unpaired) electrons. The van der Waals surface area contributed by atoms with Crippen LogP contribution in [-0.4, -0.2) is 13.6 Å². The average Bonchev–Trinajstić information content (AvgIpc) is 2.19. The van der Waals surface area contributed by atoms with E-state index in [0.29, 0.717) is 5.41 Å². The minimum absolute atomic E-state index is 0.525. The Morgan fingerprint density at radius 2 is 1.80 bits per heavy atom. The first-order chi connectivity index (χ1) is 6.97. The highest BCUT2D eigenvalue weighted by Crippen LogP contribution is 2.44. The van der Waals surface area contributed by atoms with E-state index >= 15 is 0 Å². The molecule has 0 aromatic heterocycles. The zero-order valence-electron chi connectivity index (χ0n) is 11.3. The maximum absolute atomic E-state index is 3.28. The molecular formula is C14H29N. The van der Waals surface area contributed by atoms with Gasteiger partial charge >= 0.3 is 0 Å². The van der Waals surface area contributed by atoms with Crippen molar-refractivity contribution in [1.82, 2.24) is 5.32 Å². The Morgan fingerprint density at radius 3 is 2.33 bits per heavy atom. The summed E-state index contributed by atoms with van der Waals surface area (Å²) in [7, 11) is 2.06. The van der Waals surface area contributed by atoms with Crippen molar-refractivity contribution in [2.75, 3.05) is 13.6 Å². The summed E-state index contributed by atoms with van der Waals surface area (Å²) in [6.45, 7) is 10.9. The highest BCUT2D eigenvalue weighted by atomic mass is 14.8. The van der Waals surface area contributed by atoms with Crippen molar-refractivity contribution >= 4 is 0 Å². The molecule has 0 aliphatic heterocycles. The van der Waals surface area contributed by atoms with Gasteiger partial charge in [-0.2, -0.15) is 0 Å². The van der Waals surface area contributed by atoms with Crippen LogP contribution >= 0.6 is 0 Å². The molecule has 3 atom stereocenters. The molecule has 0 heterocycles. The van der Waals surface area contributed by atoms with E-state index in [2.05, 4.69) is 40.1 Å². The van der Waals surface area contributed by atoms with Crippen LogP contribution in [0.5, 0.6) is 0 Å². The summed E-state index contributed by atoms with van der Waals surface area (Å²) in [6, 6.07) is 0. The second kappa shape index (κ2) is 5.34. The summed E-state index contributed by atoms with van der Waals surface area (Å²) in [5.41, 5.74) is 0.525. The van der Waals surface area contributed by atoms with Gasteiger partial charge in [-0.15, -0.1) is 0 Å². The van der Waals surface area contributed by atoms with Crippen LogP contribution in [0.3, 0.4) is 0 Å². The zero-order chi connectivity index (χ0) is 11.5. The molecule has 0 amide bonds. The van der Waals surface area contributed by atoms with Crippen LogP contribution in [0.15, 0.2) is 0 Å². The van der Waals surface area contributed by atoms with Crippen molar-refractivity contribution < 1.29 is 0 Å². The maximum Gasteiger partial charge on any atom is -0.00467 e. The van der Waals surface area contributed by atoms with Gasteiger partial charge in [-0.3, -0.25) is 0 Å². The normalized spacial score (nSPS) is 33.0. The van der Waals surface area contributed by atoms with Crippen molar-refractivity contribution in [3.8, 4) is 0 Å². The first-order valence-electron chi connectivity index (χ1n) is 6.62. The molecule has 0 aromatic carbocycles. The van der Waals surface area contributed by atoms with Crippen LogP contribution in [0.1, 0.15) is 53.4 Å². The van der Waals surface area contributed by atoms with Crippen molar-refractivity contribution in [1.29, 1.82) is 0 Å². The standard InChI is InChI=1S/C14H29N/c1-11-6-7-13(10-12(11)2)14(3,4)8-9-15-5/h11-13,15H,6-10H2,1-5H3. The summed E-state index contributed by atoms with van der Waals surface area (Å²) in [6.07, 6.45) is 5.64. The average molecular weight is 211 g/mol. The Bertz CT molecular complexity index is 186. The Labute approximate surface area is 96.0 Å². The molecule has 1 heteroatoms. The minimum Gasteiger partial charge on any atom is -0.320 e. The van der Waals surface area contributed by atoms with Gasteiger partial charge in [0.15, 0.2) is 0 Å². The molecule has 1 nitrogen and oxygen atoms in total. The van der Waals surface area contributed by atoms with Gasteiger partial charge in [0.2, 0.25) is 0 Å². The van der Waals surface area contributed by atoms with Gasteiger partial charge in [-0.25, -0.2) is 0 Å². The second-order valence-electron chi connectivity index (χ2n) is 6.31. The summed E-state index contributed by atoms with van der Waals surface area (Å²) >= 11 is 0. The van der Waals surface area contributed by atoms with Gasteiger partial charge < -0.3 is 5.32 Å². The summed E-state index contributed by atoms with van der Waals surface area (Å²) in [4.78, 5) is 0. The first-order valence-corrected chi connectivity index (χ1v) is 6.62. The number of nitrogens with one attached hydrogen (secondary N) is 1. The van der Waals surface area contributed by atoms with E-state index in [1.807, 2.05) is 0 Å². The summed E-state index contributed by atoms with van der Waals surface area (Å²) < 4.78 is 0. The van der Waals surface area contributed by atoms with Gasteiger partial charge in [0.05, 0.1) is 0 Å². The Kier molecular flexibility index (Phi) is 4.64. The van der Waals surface area contributed by atoms with E-state index < -0.39 is 0 Å². The molecule has 1 N–H and O–H groups in total. The quantitative estimate of drug-likeness (QED) is 0.748. The molecule has 15 heavy (non-hydrogen) atoms. The maximum atomic E-state index is 3.28. The van der Waals surface area contributed by atoms with E-state index in [1.54, 1.807) is 0 Å². The fraction of sp³-hybridized carbons (Fsp3) is 1.00. The zero-order valence-corrected chi connectivity index (χ0v) is 11.3. The second-order valence-corrected chi connectivity index (χ2v) is 6.31. The van der Waals surface area contributed by atoms with Crippen LogP contribution in [0.2, 0.25) is 0 Å². The molecule has 0 spiro atoms. The van der Waals surface area contributed by atoms with Crippen molar-refractivity contribution in [2.24, 2.45) is 23.2 Å². The molecule has 0 bridgehead atoms. The lowest BCUT2D eigenvalue weighted by molar-refractivity contribution is 0.0934. The fourth-order valence-electron chi connectivity index (χ4n) is 2.91. The van der Waals surface area contributed by atoms with Gasteiger partial charge in [-0.05, 0) is 56.0 Å². The molecule has 1 rings (SSSR count). The smallest absolute Gasteiger partial charge is 0.00467 e. The summed E-state index contributed by atoms with van der Waals surface area (Å²) in [5, 5.41) is 3.28. The van der Waals surface area contributed by atoms with Gasteiger partial charge in [-0.1, -0.05) is 34.1 Å². The SMILES string of the molecule is CNCCC(C)(C)C1CCC(C)C(C)C1. The van der Waals surface area contributed by atoms with Crippen molar-refractivity contribution in [3.63, 3.8) is 0 Å². The molecule has 1 aliphatic rings. The minimum atomic E-state index is 0.525. The molecule has 90 valence electrons. The molecule has 1 fully saturated rings. The van der Waals surface area contributed by atoms with E-state index in [1.165, 1.54) is 25.7 Å². The van der Waals surface area contributed by atoms with Crippen molar-refractivity contribution in [3.05, 3.63) is 0 Å². The van der Waals surface area contributed by atoms with Gasteiger partial charge in [0, 0.05) is 0 Å². The third kappa shape index (κ3) is 3.48. The highest BCUT2D eigenvalue weighted by Gasteiger charge is 2.34. The Balaban J connectivity index is 2.48. The lowest BCUT2D eigenvalue weighted by Gasteiger charge is -2.41. The van der Waals surface area contributed by atoms with Crippen LogP contribution < -0.4 is 5.32 Å². The van der Waals surface area contributed by atoms with Gasteiger partial charge in [0.1, 0.15) is 0 Å². The largest absolute Gasteiger partial charge is 0.320 e. The molecule has 1 saturated carbocycles. The van der Waals surface area contributed by atoms with Crippen LogP contribution in [-0.2, 0) is 0 Å². The van der Waals surface area contributed by atoms with E-state index in [9.17, 15) is 0 Å². The van der Waals surface area contributed by atoms with E-state index in [4.69, 9.17) is 0 Å².